The van der Waals surface area contributed by atoms with Crippen LogP contribution < -0.4 is 0 Å². The topological polar surface area (TPSA) is 61.8 Å². The molecule has 1 aliphatic carbocycles. The van der Waals surface area contributed by atoms with Crippen molar-refractivity contribution in [1.29, 1.82) is 0 Å². The molecule has 19 heavy (non-hydrogen) atoms. The first-order valence-corrected chi connectivity index (χ1v) is 9.29. The third kappa shape index (κ3) is 4.94. The fraction of sp³-hybridized carbons (Fsp3) is 1.00. The summed E-state index contributed by atoms with van der Waals surface area (Å²) < 4.78 is 38.6. The van der Waals surface area contributed by atoms with E-state index in [0.717, 1.165) is 38.4 Å². The van der Waals surface area contributed by atoms with Gasteiger partial charge in [0.1, 0.15) is 0 Å². The van der Waals surface area contributed by atoms with Crippen LogP contribution in [0.25, 0.3) is 0 Å². The number of hydrogen-bond donors (Lipinski definition) is 0. The highest BCUT2D eigenvalue weighted by atomic mass is 32.2. The van der Waals surface area contributed by atoms with Gasteiger partial charge in [-0.25, -0.2) is 0 Å². The first-order valence-electron chi connectivity index (χ1n) is 6.80. The summed E-state index contributed by atoms with van der Waals surface area (Å²) in [6.07, 6.45) is 7.38. The van der Waals surface area contributed by atoms with Crippen LogP contribution in [0, 0.1) is 0 Å². The lowest BCUT2D eigenvalue weighted by molar-refractivity contribution is -0.187. The summed E-state index contributed by atoms with van der Waals surface area (Å²) in [6, 6.07) is 0. The monoisotopic (exact) mass is 310 g/mol. The number of rotatable bonds is 5. The number of hydrogen-bond acceptors (Lipinski definition) is 5. The van der Waals surface area contributed by atoms with E-state index < -0.39 is 10.1 Å². The van der Waals surface area contributed by atoms with Crippen molar-refractivity contribution in [3.8, 4) is 0 Å². The smallest absolute Gasteiger partial charge is 0.264 e. The Kier molecular flexibility index (Phi) is 5.23. The molecule has 0 bridgehead atoms. The Bertz CT molecular complexity index is 391. The lowest BCUT2D eigenvalue weighted by Crippen LogP contribution is -2.33. The average Bonchev–Trinajstić information content (AvgIpc) is 2.70. The molecule has 1 aliphatic heterocycles. The van der Waals surface area contributed by atoms with Gasteiger partial charge in [0.15, 0.2) is 5.79 Å². The fourth-order valence-corrected chi connectivity index (χ4v) is 3.66. The van der Waals surface area contributed by atoms with Gasteiger partial charge in [0, 0.05) is 18.5 Å². The highest BCUT2D eigenvalue weighted by Gasteiger charge is 2.42. The minimum atomic E-state index is -3.37. The van der Waals surface area contributed by atoms with Crippen LogP contribution in [-0.4, -0.2) is 45.4 Å². The van der Waals surface area contributed by atoms with Crippen molar-refractivity contribution in [2.24, 2.45) is 0 Å². The van der Waals surface area contributed by atoms with E-state index in [9.17, 15) is 8.42 Å². The molecule has 0 aromatic heterocycles. The van der Waals surface area contributed by atoms with E-state index in [1.54, 1.807) is 0 Å². The fourth-order valence-electron chi connectivity index (χ4n) is 2.70. The molecule has 2 aliphatic rings. The quantitative estimate of drug-likeness (QED) is 0.571. The molecular formula is C12H23O5PS. The molecule has 0 radical (unpaired) electrons. The summed E-state index contributed by atoms with van der Waals surface area (Å²) in [7, 11) is -0.746. The third-order valence-electron chi connectivity index (χ3n) is 3.59. The molecule has 1 saturated carbocycles. The van der Waals surface area contributed by atoms with Crippen LogP contribution in [0.2, 0.25) is 0 Å². The van der Waals surface area contributed by atoms with Crippen molar-refractivity contribution in [3.05, 3.63) is 0 Å². The van der Waals surface area contributed by atoms with Gasteiger partial charge in [0.25, 0.3) is 10.1 Å². The van der Waals surface area contributed by atoms with Crippen LogP contribution in [0.3, 0.4) is 0 Å². The van der Waals surface area contributed by atoms with Crippen LogP contribution in [0.5, 0.6) is 0 Å². The SMILES string of the molecule is CS(=O)(=O)OCC(P)C[C@H]1COC2(CCCCC2)O1. The zero-order valence-corrected chi connectivity index (χ0v) is 13.3. The second-order valence-electron chi connectivity index (χ2n) is 5.51. The number of ether oxygens (including phenoxy) is 2. The van der Waals surface area contributed by atoms with E-state index in [2.05, 4.69) is 9.24 Å². The molecule has 2 rings (SSSR count). The molecule has 112 valence electrons. The summed E-state index contributed by atoms with van der Waals surface area (Å²) in [5.41, 5.74) is 0.0575. The van der Waals surface area contributed by atoms with Crippen molar-refractivity contribution >= 4 is 19.4 Å². The normalized spacial score (nSPS) is 28.6. The molecule has 2 unspecified atom stereocenters. The second kappa shape index (κ2) is 6.35. The predicted molar refractivity (Wildman–Crippen MR) is 75.6 cm³/mol. The van der Waals surface area contributed by atoms with Crippen LogP contribution in [0.15, 0.2) is 0 Å². The van der Waals surface area contributed by atoms with Crippen LogP contribution in [0.4, 0.5) is 0 Å². The Morgan fingerprint density at radius 2 is 2.05 bits per heavy atom. The van der Waals surface area contributed by atoms with Crippen LogP contribution >= 0.6 is 9.24 Å². The molecule has 3 atom stereocenters. The van der Waals surface area contributed by atoms with Crippen molar-refractivity contribution in [1.82, 2.24) is 0 Å². The summed E-state index contributed by atoms with van der Waals surface area (Å²) >= 11 is 0. The van der Waals surface area contributed by atoms with E-state index in [0.29, 0.717) is 6.61 Å². The van der Waals surface area contributed by atoms with Gasteiger partial charge in [-0.05, 0) is 19.3 Å². The van der Waals surface area contributed by atoms with Gasteiger partial charge in [-0.3, -0.25) is 4.18 Å². The summed E-state index contributed by atoms with van der Waals surface area (Å²) in [4.78, 5) is 0. The van der Waals surface area contributed by atoms with Gasteiger partial charge in [-0.15, -0.1) is 9.24 Å². The first-order chi connectivity index (χ1) is 8.89. The minimum Gasteiger partial charge on any atom is -0.347 e. The molecule has 1 heterocycles. The highest BCUT2D eigenvalue weighted by molar-refractivity contribution is 7.86. The minimum absolute atomic E-state index is 0.0451. The molecule has 5 nitrogen and oxygen atoms in total. The van der Waals surface area contributed by atoms with Gasteiger partial charge < -0.3 is 9.47 Å². The Morgan fingerprint density at radius 1 is 1.37 bits per heavy atom. The van der Waals surface area contributed by atoms with Crippen molar-refractivity contribution in [2.45, 2.75) is 56.1 Å². The maximum absolute atomic E-state index is 10.9. The van der Waals surface area contributed by atoms with Gasteiger partial charge in [0.05, 0.1) is 25.6 Å². The van der Waals surface area contributed by atoms with Gasteiger partial charge in [-0.2, -0.15) is 8.42 Å². The van der Waals surface area contributed by atoms with E-state index in [-0.39, 0.29) is 24.2 Å². The van der Waals surface area contributed by atoms with E-state index >= 15 is 0 Å². The second-order valence-corrected chi connectivity index (χ2v) is 8.09. The molecule has 0 aromatic carbocycles. The lowest BCUT2D eigenvalue weighted by Gasteiger charge is -2.32. The standard InChI is InChI=1S/C12H23O5PS/c1-19(13,14)16-9-11(18)7-10-8-15-12(17-10)5-3-2-4-6-12/h10-11H,2-9,18H2,1H3/t10-,11?/m0/s1. The molecule has 1 spiro atoms. The molecule has 0 amide bonds. The van der Waals surface area contributed by atoms with Gasteiger partial charge in [0.2, 0.25) is 0 Å². The van der Waals surface area contributed by atoms with Crippen molar-refractivity contribution in [3.63, 3.8) is 0 Å². The van der Waals surface area contributed by atoms with Crippen molar-refractivity contribution in [2.75, 3.05) is 19.5 Å². The molecular weight excluding hydrogens is 287 g/mol. The van der Waals surface area contributed by atoms with Gasteiger partial charge >= 0.3 is 0 Å². The zero-order chi connectivity index (χ0) is 13.9. The first kappa shape index (κ1) is 15.6. The lowest BCUT2D eigenvalue weighted by atomic mass is 9.94. The molecule has 2 fully saturated rings. The Balaban J connectivity index is 1.75. The molecule has 0 N–H and O–H groups in total. The van der Waals surface area contributed by atoms with Crippen molar-refractivity contribution < 1.29 is 22.1 Å². The summed E-state index contributed by atoms with van der Waals surface area (Å²) in [6.45, 7) is 0.778. The maximum Gasteiger partial charge on any atom is 0.264 e. The summed E-state index contributed by atoms with van der Waals surface area (Å²) in [5.74, 6) is -0.356. The molecule has 1 saturated heterocycles. The summed E-state index contributed by atoms with van der Waals surface area (Å²) in [5, 5.41) is 0. The third-order valence-corrected chi connectivity index (χ3v) is 4.62. The van der Waals surface area contributed by atoms with E-state index in [1.807, 2.05) is 0 Å². The average molecular weight is 310 g/mol. The Hall–Kier alpha value is 0.260. The molecule has 7 heteroatoms. The van der Waals surface area contributed by atoms with E-state index in [4.69, 9.17) is 13.7 Å². The van der Waals surface area contributed by atoms with Gasteiger partial charge in [-0.1, -0.05) is 6.42 Å². The predicted octanol–water partition coefficient (Wildman–Crippen LogP) is 1.67. The van der Waals surface area contributed by atoms with Crippen LogP contribution in [0.1, 0.15) is 38.5 Å². The molecule has 0 aromatic rings. The maximum atomic E-state index is 10.9. The Labute approximate surface area is 117 Å². The van der Waals surface area contributed by atoms with Crippen LogP contribution in [-0.2, 0) is 23.8 Å². The van der Waals surface area contributed by atoms with E-state index in [1.165, 1.54) is 6.42 Å². The Morgan fingerprint density at radius 3 is 2.68 bits per heavy atom. The zero-order valence-electron chi connectivity index (χ0n) is 11.3. The largest absolute Gasteiger partial charge is 0.347 e. The highest BCUT2D eigenvalue weighted by Crippen LogP contribution is 2.38.